The highest BCUT2D eigenvalue weighted by Gasteiger charge is 2.57. The number of carbonyl (C=O) groups excluding carboxylic acids is 2. The van der Waals surface area contributed by atoms with Gasteiger partial charge in [-0.3, -0.25) is 9.59 Å². The number of ether oxygens (including phenoxy) is 7. The number of aliphatic hydroxyl groups is 2. The van der Waals surface area contributed by atoms with Gasteiger partial charge in [0.2, 0.25) is 0 Å². The predicted octanol–water partition coefficient (Wildman–Crippen LogP) is 7.14. The number of carboxylic acid groups (broad SMARTS) is 1. The summed E-state index contributed by atoms with van der Waals surface area (Å²) in [5, 5.41) is 36.0. The van der Waals surface area contributed by atoms with E-state index in [1.165, 1.54) is 0 Å². The number of Topliss-reactive ketones (excluding diaryl/α,β-unsaturated/α-hetero) is 1. The van der Waals surface area contributed by atoms with Crippen molar-refractivity contribution in [2.75, 3.05) is 13.2 Å². The molecule has 5 fully saturated rings. The van der Waals surface area contributed by atoms with Crippen LogP contribution in [0.4, 0.5) is 4.79 Å². The molecule has 0 aromatic heterocycles. The van der Waals surface area contributed by atoms with E-state index in [2.05, 4.69) is 33.0 Å². The molecule has 19 atom stereocenters. The van der Waals surface area contributed by atoms with Crippen LogP contribution in [-0.2, 0) is 42.7 Å². The van der Waals surface area contributed by atoms with Crippen LogP contribution in [0.3, 0.4) is 0 Å². The molecule has 63 heavy (non-hydrogen) atoms. The van der Waals surface area contributed by atoms with Crippen LogP contribution < -0.4 is 5.32 Å². The number of aliphatic carboxylic acids is 1. The highest BCUT2D eigenvalue weighted by Crippen LogP contribution is 2.49. The van der Waals surface area contributed by atoms with E-state index in [-0.39, 0.29) is 41.8 Å². The normalized spacial score (nSPS) is 42.5. The van der Waals surface area contributed by atoms with Gasteiger partial charge in [0.1, 0.15) is 18.0 Å². The molecular weight excluding hydrogens is 811 g/mol. The number of nitrogens with one attached hydrogen (secondary N) is 1. The Bertz CT molecular complexity index is 1590. The summed E-state index contributed by atoms with van der Waals surface area (Å²) < 4.78 is 45.6. The molecular formula is C49H81NO13. The maximum absolute atomic E-state index is 14.7. The van der Waals surface area contributed by atoms with Crippen molar-refractivity contribution in [3.05, 3.63) is 12.2 Å². The molecule has 0 aromatic rings. The van der Waals surface area contributed by atoms with Gasteiger partial charge < -0.3 is 53.8 Å². The lowest BCUT2D eigenvalue weighted by Gasteiger charge is -2.52. The highest BCUT2D eigenvalue weighted by atomic mass is 16.7. The maximum Gasteiger partial charge on any atom is 0.407 e. The number of hydrogen-bond donors (Lipinski definition) is 4. The summed E-state index contributed by atoms with van der Waals surface area (Å²) in [7, 11) is 0. The Morgan fingerprint density at radius 2 is 1.56 bits per heavy atom. The van der Waals surface area contributed by atoms with E-state index >= 15 is 0 Å². The molecule has 6 aliphatic heterocycles. The lowest BCUT2D eigenvalue weighted by molar-refractivity contribution is -0.327. The van der Waals surface area contributed by atoms with Gasteiger partial charge in [-0.05, 0) is 96.0 Å². The molecule has 14 nitrogen and oxygen atoms in total. The second kappa shape index (κ2) is 20.8. The zero-order chi connectivity index (χ0) is 46.0. The number of carbonyl (C=O) groups is 3. The minimum atomic E-state index is -1.23. The molecule has 6 rings (SSSR count). The van der Waals surface area contributed by atoms with E-state index in [1.54, 1.807) is 6.92 Å². The third-order valence-corrected chi connectivity index (χ3v) is 16.4. The summed E-state index contributed by atoms with van der Waals surface area (Å²) in [6.07, 6.45) is 6.52. The van der Waals surface area contributed by atoms with Crippen LogP contribution in [-0.4, -0.2) is 124 Å². The zero-order valence-electron chi connectivity index (χ0n) is 39.8. The van der Waals surface area contributed by atoms with Crippen molar-refractivity contribution in [1.29, 1.82) is 0 Å². The first-order valence-corrected chi connectivity index (χ1v) is 24.6. The van der Waals surface area contributed by atoms with Crippen LogP contribution >= 0.6 is 0 Å². The van der Waals surface area contributed by atoms with Crippen LogP contribution in [0.15, 0.2) is 12.2 Å². The van der Waals surface area contributed by atoms with Crippen molar-refractivity contribution in [3.8, 4) is 0 Å². The largest absolute Gasteiger partial charge is 0.481 e. The topological polar surface area (TPSA) is 189 Å². The molecule has 2 unspecified atom stereocenters. The molecule has 1 amide bonds. The van der Waals surface area contributed by atoms with Gasteiger partial charge in [-0.25, -0.2) is 4.79 Å². The lowest BCUT2D eigenvalue weighted by atomic mass is 9.72. The number of ketones is 1. The van der Waals surface area contributed by atoms with E-state index in [0.29, 0.717) is 83.8 Å². The molecule has 1 spiro atoms. The molecule has 0 aromatic carbocycles. The number of amides is 1. The van der Waals surface area contributed by atoms with Gasteiger partial charge >= 0.3 is 12.1 Å². The first kappa shape index (κ1) is 50.2. The molecule has 0 aliphatic carbocycles. The number of rotatable bonds is 15. The summed E-state index contributed by atoms with van der Waals surface area (Å²) in [6.45, 7) is 20.8. The predicted molar refractivity (Wildman–Crippen MR) is 235 cm³/mol. The van der Waals surface area contributed by atoms with Crippen molar-refractivity contribution >= 4 is 17.8 Å². The SMILES string of the molecule is CC[C@@H](C(=O)[C@@H](C)[C@@H](O)[C@H](C)[C@@H]1O[C@@H]([C@@H](CC)C(=O)O)CC[C@@H]1C)[C@H]1O[C@]2(C=C[C@@H](NC(=O)OC3CCOCC3)C(C3CC[C@@](C)([C@H]4CC[C@](O)(CC)[C@H](C)O4)O3)O2)[C@H](C)C[C@@H]1C. The third kappa shape index (κ3) is 10.7. The molecule has 360 valence electrons. The smallest absolute Gasteiger partial charge is 0.407 e. The molecule has 5 saturated heterocycles. The Hall–Kier alpha value is -2.17. The standard InChI is InChI=1S/C49H81NO13/c1-11-34(45(53)54)37-15-14-27(4)42(60-37)31(8)40(51)30(7)41(52)35(12-2)43-28(5)26-29(6)49(62-43)23-16-36(50-46(55)59-33-19-24-57-25-20-33)44(63-49)38-17-21-47(10,61-38)39-18-22-48(56,13-3)32(9)58-39/h16,23,27-40,42-44,51,56H,11-15,17-22,24-26H2,1-10H3,(H,50,55)(H,53,54)/t27-,28-,29+,30-,31-,32-,34+,35-,36+,37+,38?,39+,40+,42+,43-,44?,47-,48+,49-/m0/s1. The van der Waals surface area contributed by atoms with Crippen molar-refractivity contribution in [2.45, 2.75) is 224 Å². The van der Waals surface area contributed by atoms with Gasteiger partial charge in [-0.2, -0.15) is 0 Å². The fourth-order valence-electron chi connectivity index (χ4n) is 11.9. The molecule has 4 N–H and O–H groups in total. The zero-order valence-corrected chi connectivity index (χ0v) is 39.8. The van der Waals surface area contributed by atoms with Crippen molar-refractivity contribution < 1.29 is 62.9 Å². The fraction of sp³-hybridized carbons (Fsp3) is 0.898. The quantitative estimate of drug-likeness (QED) is 0.122. The van der Waals surface area contributed by atoms with Crippen molar-refractivity contribution in [3.63, 3.8) is 0 Å². The second-order valence-electron chi connectivity index (χ2n) is 20.6. The Morgan fingerprint density at radius 1 is 0.857 bits per heavy atom. The molecule has 0 saturated carbocycles. The monoisotopic (exact) mass is 892 g/mol. The minimum Gasteiger partial charge on any atom is -0.481 e. The third-order valence-electron chi connectivity index (χ3n) is 16.4. The van der Waals surface area contributed by atoms with Crippen LogP contribution in [0.2, 0.25) is 0 Å². The minimum absolute atomic E-state index is 0.00952. The Kier molecular flexibility index (Phi) is 16.6. The van der Waals surface area contributed by atoms with Crippen molar-refractivity contribution in [2.24, 2.45) is 41.4 Å². The molecule has 6 heterocycles. The van der Waals surface area contributed by atoms with E-state index in [1.807, 2.05) is 46.8 Å². The Morgan fingerprint density at radius 3 is 2.19 bits per heavy atom. The van der Waals surface area contributed by atoms with E-state index in [4.69, 9.17) is 33.2 Å². The summed E-state index contributed by atoms with van der Waals surface area (Å²) in [5.74, 6) is -4.55. The van der Waals surface area contributed by atoms with Crippen molar-refractivity contribution in [1.82, 2.24) is 5.32 Å². The number of aliphatic hydroxyl groups excluding tert-OH is 1. The number of alkyl carbamates (subject to hydrolysis) is 1. The van der Waals surface area contributed by atoms with E-state index < -0.39 is 95.4 Å². The molecule has 6 aliphatic rings. The average Bonchev–Trinajstić information content (AvgIpc) is 3.67. The first-order chi connectivity index (χ1) is 29.8. The van der Waals surface area contributed by atoms with Gasteiger partial charge in [-0.15, -0.1) is 0 Å². The van der Waals surface area contributed by atoms with Crippen LogP contribution in [0, 0.1) is 41.4 Å². The van der Waals surface area contributed by atoms with Gasteiger partial charge in [0.15, 0.2) is 5.79 Å². The van der Waals surface area contributed by atoms with Crippen LogP contribution in [0.5, 0.6) is 0 Å². The van der Waals surface area contributed by atoms with Gasteiger partial charge in [0, 0.05) is 36.5 Å². The average molecular weight is 892 g/mol. The summed E-state index contributed by atoms with van der Waals surface area (Å²) in [5.41, 5.74) is -1.53. The molecule has 14 heteroatoms. The van der Waals surface area contributed by atoms with E-state index in [9.17, 15) is 29.7 Å². The summed E-state index contributed by atoms with van der Waals surface area (Å²) in [6, 6.07) is -0.604. The maximum atomic E-state index is 14.7. The summed E-state index contributed by atoms with van der Waals surface area (Å²) in [4.78, 5) is 40.2. The van der Waals surface area contributed by atoms with Gasteiger partial charge in [0.05, 0.1) is 79.1 Å². The van der Waals surface area contributed by atoms with Crippen LogP contribution in [0.1, 0.15) is 146 Å². The highest BCUT2D eigenvalue weighted by molar-refractivity contribution is 5.84. The lowest BCUT2D eigenvalue weighted by Crippen LogP contribution is -2.62. The fourth-order valence-corrected chi connectivity index (χ4v) is 11.9. The molecule has 0 radical (unpaired) electrons. The van der Waals surface area contributed by atoms with Crippen LogP contribution in [0.25, 0.3) is 0 Å². The first-order valence-electron chi connectivity index (χ1n) is 24.6. The van der Waals surface area contributed by atoms with E-state index in [0.717, 1.165) is 6.42 Å². The second-order valence-corrected chi connectivity index (χ2v) is 20.6. The Labute approximate surface area is 376 Å². The summed E-state index contributed by atoms with van der Waals surface area (Å²) >= 11 is 0. The number of carboxylic acids is 1. The number of hydrogen-bond acceptors (Lipinski definition) is 12. The molecule has 0 bridgehead atoms. The van der Waals surface area contributed by atoms with Gasteiger partial charge in [0.25, 0.3) is 0 Å². The van der Waals surface area contributed by atoms with Gasteiger partial charge in [-0.1, -0.05) is 61.5 Å². The Balaban J connectivity index is 1.21.